The van der Waals surface area contributed by atoms with Crippen LogP contribution in [0.1, 0.15) is 0 Å². The second-order valence-electron chi connectivity index (χ2n) is 3.38. The van der Waals surface area contributed by atoms with Gasteiger partial charge in [0.25, 0.3) is 0 Å². The van der Waals surface area contributed by atoms with E-state index in [-0.39, 0.29) is 20.8 Å². The molecule has 0 spiro atoms. The molecule has 9 heteroatoms. The molecule has 1 N–H and O–H groups in total. The molecule has 0 radical (unpaired) electrons. The second kappa shape index (κ2) is 5.52. The first-order valence-corrected chi connectivity index (χ1v) is 7.45. The van der Waals surface area contributed by atoms with E-state index in [0.29, 0.717) is 4.31 Å². The molecule has 1 aromatic rings. The van der Waals surface area contributed by atoms with Crippen molar-refractivity contribution in [1.82, 2.24) is 0 Å². The molecular weight excluding hydrogens is 325 g/mol. The first-order chi connectivity index (χ1) is 8.12. The molecule has 0 aliphatic heterocycles. The van der Waals surface area contributed by atoms with E-state index in [4.69, 9.17) is 39.9 Å². The maximum Gasteiger partial charge on any atom is 0.324 e. The van der Waals surface area contributed by atoms with Gasteiger partial charge in [0.1, 0.15) is 6.54 Å². The fraction of sp³-hybridized carbons (Fsp3) is 0.222. The molecule has 1 rings (SSSR count). The lowest BCUT2D eigenvalue weighted by Crippen LogP contribution is -2.35. The molecule has 0 fully saturated rings. The fourth-order valence-electron chi connectivity index (χ4n) is 1.21. The Morgan fingerprint density at radius 3 is 2.17 bits per heavy atom. The van der Waals surface area contributed by atoms with E-state index in [1.165, 1.54) is 12.1 Å². The average Bonchev–Trinajstić information content (AvgIpc) is 2.18. The highest BCUT2D eigenvalue weighted by atomic mass is 35.5. The van der Waals surface area contributed by atoms with Crippen LogP contribution in [0.2, 0.25) is 15.1 Å². The van der Waals surface area contributed by atoms with Crippen molar-refractivity contribution in [2.75, 3.05) is 17.1 Å². The molecular formula is C9H8Cl3NO4S. The van der Waals surface area contributed by atoms with Gasteiger partial charge in [0.15, 0.2) is 0 Å². The molecule has 0 aliphatic rings. The number of nitrogens with zero attached hydrogens (tertiary/aromatic N) is 1. The monoisotopic (exact) mass is 331 g/mol. The number of hydrogen-bond acceptors (Lipinski definition) is 3. The van der Waals surface area contributed by atoms with Gasteiger partial charge >= 0.3 is 5.97 Å². The first-order valence-electron chi connectivity index (χ1n) is 4.47. The largest absolute Gasteiger partial charge is 0.480 e. The van der Waals surface area contributed by atoms with Gasteiger partial charge in [0.2, 0.25) is 10.0 Å². The Labute approximate surface area is 119 Å². The summed E-state index contributed by atoms with van der Waals surface area (Å²) in [6.45, 7) is -0.753. The Bertz CT molecular complexity index is 588. The van der Waals surface area contributed by atoms with Crippen LogP contribution >= 0.6 is 34.8 Å². The molecule has 0 saturated heterocycles. The van der Waals surface area contributed by atoms with Crippen LogP contribution in [-0.4, -0.2) is 32.3 Å². The van der Waals surface area contributed by atoms with Gasteiger partial charge in [-0.15, -0.1) is 0 Å². The quantitative estimate of drug-likeness (QED) is 0.860. The van der Waals surface area contributed by atoms with E-state index in [1.807, 2.05) is 0 Å². The minimum Gasteiger partial charge on any atom is -0.480 e. The summed E-state index contributed by atoms with van der Waals surface area (Å²) in [4.78, 5) is 10.7. The Morgan fingerprint density at radius 1 is 1.22 bits per heavy atom. The number of rotatable bonds is 4. The molecule has 0 atom stereocenters. The summed E-state index contributed by atoms with van der Waals surface area (Å²) >= 11 is 17.3. The van der Waals surface area contributed by atoms with Crippen molar-refractivity contribution in [2.24, 2.45) is 0 Å². The van der Waals surface area contributed by atoms with Gasteiger partial charge in [-0.05, 0) is 12.1 Å². The first kappa shape index (κ1) is 15.4. The molecule has 1 aromatic carbocycles. The molecule has 0 amide bonds. The Kier molecular flexibility index (Phi) is 4.72. The second-order valence-corrected chi connectivity index (χ2v) is 6.51. The zero-order valence-corrected chi connectivity index (χ0v) is 12.1. The van der Waals surface area contributed by atoms with Crippen LogP contribution in [0.5, 0.6) is 0 Å². The number of carbonyl (C=O) groups is 1. The molecule has 18 heavy (non-hydrogen) atoms. The van der Waals surface area contributed by atoms with E-state index in [1.54, 1.807) is 0 Å². The highest BCUT2D eigenvalue weighted by Crippen LogP contribution is 2.35. The zero-order chi connectivity index (χ0) is 14.1. The number of carboxylic acid groups (broad SMARTS) is 1. The molecule has 0 bridgehead atoms. The van der Waals surface area contributed by atoms with Gasteiger partial charge in [-0.3, -0.25) is 9.10 Å². The summed E-state index contributed by atoms with van der Waals surface area (Å²) in [5, 5.41) is 8.94. The lowest BCUT2D eigenvalue weighted by Gasteiger charge is -2.21. The standard InChI is InChI=1S/C9H8Cl3NO4S/c1-18(16,17)13(4-9(14)15)8-3-6(11)5(10)2-7(8)12/h2-3H,4H2,1H3,(H,14,15). The van der Waals surface area contributed by atoms with Crippen LogP contribution in [-0.2, 0) is 14.8 Å². The van der Waals surface area contributed by atoms with Gasteiger partial charge in [-0.25, -0.2) is 8.42 Å². The SMILES string of the molecule is CS(=O)(=O)N(CC(=O)O)c1cc(Cl)c(Cl)cc1Cl. The van der Waals surface area contributed by atoms with Crippen molar-refractivity contribution < 1.29 is 18.3 Å². The maximum atomic E-state index is 11.5. The van der Waals surface area contributed by atoms with E-state index >= 15 is 0 Å². The summed E-state index contributed by atoms with van der Waals surface area (Å²) in [5.74, 6) is -1.32. The van der Waals surface area contributed by atoms with Crippen molar-refractivity contribution in [1.29, 1.82) is 0 Å². The van der Waals surface area contributed by atoms with Crippen LogP contribution in [0.3, 0.4) is 0 Å². The number of sulfonamides is 1. The number of carboxylic acids is 1. The topological polar surface area (TPSA) is 74.7 Å². The van der Waals surface area contributed by atoms with Gasteiger partial charge < -0.3 is 5.11 Å². The smallest absolute Gasteiger partial charge is 0.324 e. The van der Waals surface area contributed by atoms with Crippen LogP contribution in [0.15, 0.2) is 12.1 Å². The third-order valence-electron chi connectivity index (χ3n) is 1.94. The summed E-state index contributed by atoms with van der Waals surface area (Å²) in [7, 11) is -3.80. The van der Waals surface area contributed by atoms with Crippen LogP contribution in [0.4, 0.5) is 5.69 Å². The lowest BCUT2D eigenvalue weighted by atomic mass is 10.3. The van der Waals surface area contributed by atoms with Crippen LogP contribution in [0, 0.1) is 0 Å². The highest BCUT2D eigenvalue weighted by Gasteiger charge is 2.23. The predicted molar refractivity (Wildman–Crippen MR) is 71.3 cm³/mol. The van der Waals surface area contributed by atoms with Crippen molar-refractivity contribution in [3.63, 3.8) is 0 Å². The van der Waals surface area contributed by atoms with E-state index < -0.39 is 22.5 Å². The van der Waals surface area contributed by atoms with E-state index in [9.17, 15) is 13.2 Å². The number of hydrogen-bond donors (Lipinski definition) is 1. The number of aliphatic carboxylic acids is 1. The summed E-state index contributed by atoms with van der Waals surface area (Å²) in [5.41, 5.74) is -0.0315. The minimum absolute atomic E-state index is 0.00363. The Morgan fingerprint density at radius 2 is 1.72 bits per heavy atom. The molecule has 0 heterocycles. The molecule has 0 aliphatic carbocycles. The number of halogens is 3. The summed E-state index contributed by atoms with van der Waals surface area (Å²) in [6, 6.07) is 2.46. The third kappa shape index (κ3) is 3.65. The molecule has 0 saturated carbocycles. The number of benzene rings is 1. The highest BCUT2D eigenvalue weighted by molar-refractivity contribution is 7.92. The van der Waals surface area contributed by atoms with Gasteiger partial charge in [-0.2, -0.15) is 0 Å². The van der Waals surface area contributed by atoms with Crippen LogP contribution in [0.25, 0.3) is 0 Å². The zero-order valence-electron chi connectivity index (χ0n) is 9.02. The molecule has 5 nitrogen and oxygen atoms in total. The minimum atomic E-state index is -3.80. The van der Waals surface area contributed by atoms with Crippen molar-refractivity contribution in [2.45, 2.75) is 0 Å². The lowest BCUT2D eigenvalue weighted by molar-refractivity contribution is -0.135. The average molecular weight is 333 g/mol. The summed E-state index contributed by atoms with van der Waals surface area (Å²) < 4.78 is 23.7. The van der Waals surface area contributed by atoms with Crippen molar-refractivity contribution >= 4 is 56.5 Å². The Hall–Kier alpha value is -0.690. The van der Waals surface area contributed by atoms with Crippen LogP contribution < -0.4 is 4.31 Å². The molecule has 100 valence electrons. The molecule has 0 unspecified atom stereocenters. The van der Waals surface area contributed by atoms with Gasteiger partial charge in [-0.1, -0.05) is 34.8 Å². The maximum absolute atomic E-state index is 11.5. The van der Waals surface area contributed by atoms with E-state index in [0.717, 1.165) is 6.26 Å². The number of anilines is 1. The summed E-state index contributed by atoms with van der Waals surface area (Å²) in [6.07, 6.45) is 0.870. The van der Waals surface area contributed by atoms with Crippen molar-refractivity contribution in [3.05, 3.63) is 27.2 Å². The predicted octanol–water partition coefficient (Wildman–Crippen LogP) is 2.50. The van der Waals surface area contributed by atoms with Gasteiger partial charge in [0, 0.05) is 0 Å². The Balaban J connectivity index is 3.39. The van der Waals surface area contributed by atoms with Gasteiger partial charge in [0.05, 0.1) is 27.0 Å². The fourth-order valence-corrected chi connectivity index (χ4v) is 2.75. The third-order valence-corrected chi connectivity index (χ3v) is 4.09. The van der Waals surface area contributed by atoms with Crippen molar-refractivity contribution in [3.8, 4) is 0 Å². The molecule has 0 aromatic heterocycles. The normalized spacial score (nSPS) is 11.3. The van der Waals surface area contributed by atoms with E-state index in [2.05, 4.69) is 0 Å².